The zero-order valence-corrected chi connectivity index (χ0v) is 15.7. The molecule has 0 saturated heterocycles. The number of hydrogen-bond donors (Lipinski definition) is 1. The largest absolute Gasteiger partial charge is 0.497 e. The summed E-state index contributed by atoms with van der Waals surface area (Å²) in [7, 11) is 3.23. The van der Waals surface area contributed by atoms with E-state index in [4.69, 9.17) is 9.47 Å². The van der Waals surface area contributed by atoms with Crippen molar-refractivity contribution >= 4 is 5.91 Å². The van der Waals surface area contributed by atoms with Crippen LogP contribution < -0.4 is 10.1 Å². The Bertz CT molecular complexity index is 899. The lowest BCUT2D eigenvalue weighted by Crippen LogP contribution is -2.28. The molecule has 0 unspecified atom stereocenters. The summed E-state index contributed by atoms with van der Waals surface area (Å²) in [5.41, 5.74) is 4.08. The van der Waals surface area contributed by atoms with Gasteiger partial charge in [-0.2, -0.15) is 5.10 Å². The van der Waals surface area contributed by atoms with Crippen LogP contribution in [0.3, 0.4) is 0 Å². The lowest BCUT2D eigenvalue weighted by atomic mass is 10.1. The number of hydrogen-bond acceptors (Lipinski definition) is 4. The van der Waals surface area contributed by atoms with E-state index in [2.05, 4.69) is 10.4 Å². The number of methoxy groups -OCH3 is 2. The minimum absolute atomic E-state index is 0.195. The lowest BCUT2D eigenvalue weighted by molar-refractivity contribution is 0.0929. The molecule has 27 heavy (non-hydrogen) atoms. The Hall–Kier alpha value is -3.12. The molecule has 0 bridgehead atoms. The second-order valence-electron chi connectivity index (χ2n) is 6.14. The fourth-order valence-electron chi connectivity index (χ4n) is 2.69. The average molecular weight is 365 g/mol. The molecule has 6 heteroatoms. The maximum absolute atomic E-state index is 12.7. The van der Waals surface area contributed by atoms with Gasteiger partial charge in [-0.3, -0.25) is 4.79 Å². The first-order valence-corrected chi connectivity index (χ1v) is 8.71. The van der Waals surface area contributed by atoms with Gasteiger partial charge in [-0.1, -0.05) is 17.7 Å². The van der Waals surface area contributed by atoms with E-state index in [9.17, 15) is 4.79 Å². The van der Waals surface area contributed by atoms with Crippen molar-refractivity contribution in [3.63, 3.8) is 0 Å². The fourth-order valence-corrected chi connectivity index (χ4v) is 2.69. The molecule has 1 aromatic heterocycles. The predicted octanol–water partition coefficient (Wildman–Crippen LogP) is 3.23. The molecule has 1 N–H and O–H groups in total. The van der Waals surface area contributed by atoms with Crippen LogP contribution in [0, 0.1) is 6.92 Å². The summed E-state index contributed by atoms with van der Waals surface area (Å²) < 4.78 is 11.9. The van der Waals surface area contributed by atoms with Gasteiger partial charge in [0.05, 0.1) is 25.1 Å². The number of nitrogens with one attached hydrogen (secondary N) is 1. The molecule has 0 aliphatic heterocycles. The van der Waals surface area contributed by atoms with Crippen molar-refractivity contribution in [1.29, 1.82) is 0 Å². The molecule has 3 rings (SSSR count). The maximum atomic E-state index is 12.7. The van der Waals surface area contributed by atoms with Crippen molar-refractivity contribution in [2.45, 2.75) is 6.92 Å². The van der Waals surface area contributed by atoms with Crippen LogP contribution in [0.25, 0.3) is 16.9 Å². The number of aromatic nitrogens is 2. The highest BCUT2D eigenvalue weighted by atomic mass is 16.5. The van der Waals surface area contributed by atoms with Crippen LogP contribution in [0.15, 0.2) is 54.6 Å². The Kier molecular flexibility index (Phi) is 5.88. The van der Waals surface area contributed by atoms with Crippen LogP contribution >= 0.6 is 0 Å². The van der Waals surface area contributed by atoms with Gasteiger partial charge in [0.25, 0.3) is 5.91 Å². The molecule has 0 spiro atoms. The molecule has 0 aliphatic rings. The SMILES string of the molecule is COCCNC(=O)c1cc(-c2ccc(OC)cc2)nn1-c1ccc(C)cc1. The summed E-state index contributed by atoms with van der Waals surface area (Å²) in [5.74, 6) is 0.578. The third-order valence-electron chi connectivity index (χ3n) is 4.20. The van der Waals surface area contributed by atoms with Crippen LogP contribution in [0.5, 0.6) is 5.75 Å². The first kappa shape index (κ1) is 18.7. The lowest BCUT2D eigenvalue weighted by Gasteiger charge is -2.08. The fraction of sp³-hybridized carbons (Fsp3) is 0.238. The van der Waals surface area contributed by atoms with E-state index in [-0.39, 0.29) is 5.91 Å². The van der Waals surface area contributed by atoms with E-state index >= 15 is 0 Å². The van der Waals surface area contributed by atoms with Gasteiger partial charge in [0.1, 0.15) is 11.4 Å². The number of amides is 1. The number of carbonyl (C=O) groups is 1. The Balaban J connectivity index is 1.99. The van der Waals surface area contributed by atoms with Crippen LogP contribution in [0.2, 0.25) is 0 Å². The number of carbonyl (C=O) groups excluding carboxylic acids is 1. The van der Waals surface area contributed by atoms with Gasteiger partial charge in [-0.05, 0) is 49.4 Å². The number of benzene rings is 2. The smallest absolute Gasteiger partial charge is 0.270 e. The van der Waals surface area contributed by atoms with Crippen molar-refractivity contribution in [1.82, 2.24) is 15.1 Å². The Morgan fingerprint density at radius 3 is 2.41 bits per heavy atom. The molecule has 0 atom stereocenters. The summed E-state index contributed by atoms with van der Waals surface area (Å²) in [6.07, 6.45) is 0. The summed E-state index contributed by atoms with van der Waals surface area (Å²) in [5, 5.41) is 7.53. The van der Waals surface area contributed by atoms with Crippen molar-refractivity contribution < 1.29 is 14.3 Å². The van der Waals surface area contributed by atoms with Crippen molar-refractivity contribution in [3.05, 3.63) is 65.9 Å². The topological polar surface area (TPSA) is 65.4 Å². The second kappa shape index (κ2) is 8.51. The molecule has 6 nitrogen and oxygen atoms in total. The second-order valence-corrected chi connectivity index (χ2v) is 6.14. The maximum Gasteiger partial charge on any atom is 0.270 e. The molecule has 1 amide bonds. The summed E-state index contributed by atoms with van der Waals surface area (Å²) in [6.45, 7) is 2.91. The molecule has 0 saturated carbocycles. The minimum Gasteiger partial charge on any atom is -0.497 e. The predicted molar refractivity (Wildman–Crippen MR) is 104 cm³/mol. The monoisotopic (exact) mass is 365 g/mol. The number of rotatable bonds is 7. The van der Waals surface area contributed by atoms with Gasteiger partial charge in [-0.15, -0.1) is 0 Å². The van der Waals surface area contributed by atoms with Gasteiger partial charge in [0.15, 0.2) is 0 Å². The highest BCUT2D eigenvalue weighted by Crippen LogP contribution is 2.24. The van der Waals surface area contributed by atoms with E-state index in [0.717, 1.165) is 28.3 Å². The highest BCUT2D eigenvalue weighted by Gasteiger charge is 2.17. The molecular weight excluding hydrogens is 342 g/mol. The highest BCUT2D eigenvalue weighted by molar-refractivity contribution is 5.94. The number of ether oxygens (including phenoxy) is 2. The number of nitrogens with zero attached hydrogens (tertiary/aromatic N) is 2. The van der Waals surface area contributed by atoms with E-state index in [1.165, 1.54) is 0 Å². The summed E-state index contributed by atoms with van der Waals surface area (Å²) in [4.78, 5) is 12.7. The van der Waals surface area contributed by atoms with Gasteiger partial charge in [0, 0.05) is 19.2 Å². The van der Waals surface area contributed by atoms with E-state index in [1.807, 2.05) is 55.5 Å². The third kappa shape index (κ3) is 4.35. The average Bonchev–Trinajstić information content (AvgIpc) is 3.14. The Labute approximate surface area is 158 Å². The number of aryl methyl sites for hydroxylation is 1. The van der Waals surface area contributed by atoms with Gasteiger partial charge >= 0.3 is 0 Å². The molecule has 0 radical (unpaired) electrons. The van der Waals surface area contributed by atoms with Gasteiger partial charge < -0.3 is 14.8 Å². The molecule has 0 aliphatic carbocycles. The third-order valence-corrected chi connectivity index (χ3v) is 4.20. The normalized spacial score (nSPS) is 10.6. The zero-order chi connectivity index (χ0) is 19.2. The van der Waals surface area contributed by atoms with E-state index in [1.54, 1.807) is 25.0 Å². The van der Waals surface area contributed by atoms with Crippen LogP contribution in [-0.4, -0.2) is 43.1 Å². The van der Waals surface area contributed by atoms with E-state index < -0.39 is 0 Å². The van der Waals surface area contributed by atoms with E-state index in [0.29, 0.717) is 18.8 Å². The minimum atomic E-state index is -0.195. The molecule has 2 aromatic carbocycles. The molecule has 1 heterocycles. The Morgan fingerprint density at radius 2 is 1.78 bits per heavy atom. The quantitative estimate of drug-likeness (QED) is 0.653. The van der Waals surface area contributed by atoms with Crippen molar-refractivity contribution in [3.8, 4) is 22.7 Å². The summed E-state index contributed by atoms with van der Waals surface area (Å²) >= 11 is 0. The first-order chi connectivity index (χ1) is 13.1. The standard InChI is InChI=1S/C21H23N3O3/c1-15-4-8-17(9-5-15)24-20(21(25)22-12-13-26-2)14-19(23-24)16-6-10-18(27-3)11-7-16/h4-11,14H,12-13H2,1-3H3,(H,22,25). The van der Waals surface area contributed by atoms with Gasteiger partial charge in [-0.25, -0.2) is 4.68 Å². The van der Waals surface area contributed by atoms with Crippen molar-refractivity contribution in [2.75, 3.05) is 27.4 Å². The molecule has 140 valence electrons. The molecule has 3 aromatic rings. The Morgan fingerprint density at radius 1 is 1.07 bits per heavy atom. The molecular formula is C21H23N3O3. The van der Waals surface area contributed by atoms with Crippen LogP contribution in [0.4, 0.5) is 0 Å². The van der Waals surface area contributed by atoms with Crippen LogP contribution in [-0.2, 0) is 4.74 Å². The van der Waals surface area contributed by atoms with Crippen molar-refractivity contribution in [2.24, 2.45) is 0 Å². The van der Waals surface area contributed by atoms with Gasteiger partial charge in [0.2, 0.25) is 0 Å². The molecule has 0 fully saturated rings. The zero-order valence-electron chi connectivity index (χ0n) is 15.7. The first-order valence-electron chi connectivity index (χ1n) is 8.71. The summed E-state index contributed by atoms with van der Waals surface area (Å²) in [6, 6.07) is 17.3. The van der Waals surface area contributed by atoms with Crippen LogP contribution in [0.1, 0.15) is 16.1 Å².